The molecule has 0 unspecified atom stereocenters. The molecule has 1 aromatic carbocycles. The lowest BCUT2D eigenvalue weighted by Gasteiger charge is -2.08. The highest BCUT2D eigenvalue weighted by atomic mass is 16.7. The molecule has 3 aromatic rings. The van der Waals surface area contributed by atoms with Gasteiger partial charge in [-0.1, -0.05) is 26.0 Å². The van der Waals surface area contributed by atoms with Gasteiger partial charge >= 0.3 is 0 Å². The second kappa shape index (κ2) is 5.43. The molecular formula is C18H17N3O2. The number of fused-ring (bicyclic) bond motifs is 1. The maximum Gasteiger partial charge on any atom is 0.231 e. The molecule has 4 rings (SSSR count). The van der Waals surface area contributed by atoms with Crippen molar-refractivity contribution in [2.75, 3.05) is 6.79 Å². The molecule has 2 aromatic heterocycles. The van der Waals surface area contributed by atoms with Crippen molar-refractivity contribution < 1.29 is 9.47 Å². The highest BCUT2D eigenvalue weighted by Crippen LogP contribution is 2.38. The fraction of sp³-hybridized carbons (Fsp3) is 0.222. The summed E-state index contributed by atoms with van der Waals surface area (Å²) in [7, 11) is 0. The molecular weight excluding hydrogens is 290 g/mol. The van der Waals surface area contributed by atoms with Crippen LogP contribution in [0.2, 0.25) is 0 Å². The van der Waals surface area contributed by atoms with E-state index in [0.717, 1.165) is 39.7 Å². The number of aromatic amines is 1. The van der Waals surface area contributed by atoms with Crippen molar-refractivity contribution in [3.63, 3.8) is 0 Å². The van der Waals surface area contributed by atoms with Crippen molar-refractivity contribution in [2.45, 2.75) is 19.8 Å². The normalized spacial score (nSPS) is 12.8. The molecule has 23 heavy (non-hydrogen) atoms. The zero-order chi connectivity index (χ0) is 15.8. The second-order valence-corrected chi connectivity index (χ2v) is 5.83. The van der Waals surface area contributed by atoms with E-state index in [1.807, 2.05) is 42.6 Å². The van der Waals surface area contributed by atoms with Crippen LogP contribution in [0, 0.1) is 0 Å². The Hall–Kier alpha value is -2.82. The molecule has 0 saturated heterocycles. The van der Waals surface area contributed by atoms with E-state index in [2.05, 4.69) is 24.0 Å². The van der Waals surface area contributed by atoms with Gasteiger partial charge in [0, 0.05) is 11.3 Å². The van der Waals surface area contributed by atoms with Gasteiger partial charge in [-0.2, -0.15) is 5.10 Å². The zero-order valence-corrected chi connectivity index (χ0v) is 13.0. The summed E-state index contributed by atoms with van der Waals surface area (Å²) in [5.41, 5.74) is 4.88. The number of H-pyrrole nitrogens is 1. The largest absolute Gasteiger partial charge is 0.454 e. The van der Waals surface area contributed by atoms with Crippen LogP contribution in [-0.4, -0.2) is 22.0 Å². The van der Waals surface area contributed by atoms with Gasteiger partial charge in [0.15, 0.2) is 11.5 Å². The van der Waals surface area contributed by atoms with Crippen molar-refractivity contribution in [2.24, 2.45) is 0 Å². The maximum absolute atomic E-state index is 5.46. The summed E-state index contributed by atoms with van der Waals surface area (Å²) in [6.45, 7) is 4.55. The standard InChI is InChI=1S/C18H17N3O2/c1-11(2)14-4-3-5-15(20-14)18-13(9-19-21-18)12-6-7-16-17(8-12)23-10-22-16/h3-9,11H,10H2,1-2H3,(H,19,21). The maximum atomic E-state index is 5.46. The number of nitrogens with one attached hydrogen (secondary N) is 1. The Bertz CT molecular complexity index is 855. The summed E-state index contributed by atoms with van der Waals surface area (Å²) in [6, 6.07) is 12.0. The van der Waals surface area contributed by atoms with Crippen molar-refractivity contribution >= 4 is 0 Å². The molecule has 0 bridgehead atoms. The lowest BCUT2D eigenvalue weighted by atomic mass is 10.0. The fourth-order valence-corrected chi connectivity index (χ4v) is 2.68. The SMILES string of the molecule is CC(C)c1cccc(-c2[nH]ncc2-c2ccc3c(c2)OCO3)n1. The zero-order valence-electron chi connectivity index (χ0n) is 13.0. The van der Waals surface area contributed by atoms with Gasteiger partial charge in [0.05, 0.1) is 17.6 Å². The predicted octanol–water partition coefficient (Wildman–Crippen LogP) is 3.99. The minimum absolute atomic E-state index is 0.273. The Labute approximate surface area is 134 Å². The first-order chi connectivity index (χ1) is 11.2. The molecule has 0 radical (unpaired) electrons. The number of benzene rings is 1. The minimum atomic E-state index is 0.273. The number of rotatable bonds is 3. The first-order valence-corrected chi connectivity index (χ1v) is 7.63. The van der Waals surface area contributed by atoms with Gasteiger partial charge in [0.25, 0.3) is 0 Å². The van der Waals surface area contributed by atoms with Crippen LogP contribution in [0.5, 0.6) is 11.5 Å². The third-order valence-electron chi connectivity index (χ3n) is 3.94. The number of pyridine rings is 1. The lowest BCUT2D eigenvalue weighted by molar-refractivity contribution is 0.174. The first-order valence-electron chi connectivity index (χ1n) is 7.63. The summed E-state index contributed by atoms with van der Waals surface area (Å²) in [6.07, 6.45) is 1.82. The number of ether oxygens (including phenoxy) is 2. The molecule has 0 fully saturated rings. The van der Waals surface area contributed by atoms with Crippen LogP contribution in [0.25, 0.3) is 22.5 Å². The van der Waals surface area contributed by atoms with Crippen molar-refractivity contribution in [3.8, 4) is 34.0 Å². The van der Waals surface area contributed by atoms with Gasteiger partial charge in [0.1, 0.15) is 0 Å². The van der Waals surface area contributed by atoms with E-state index in [-0.39, 0.29) is 6.79 Å². The summed E-state index contributed by atoms with van der Waals surface area (Å²) in [5, 5.41) is 7.28. The Balaban J connectivity index is 1.78. The Kier molecular flexibility index (Phi) is 3.26. The summed E-state index contributed by atoms with van der Waals surface area (Å²) >= 11 is 0. The van der Waals surface area contributed by atoms with Gasteiger partial charge in [-0.3, -0.25) is 10.1 Å². The molecule has 0 saturated carbocycles. The third-order valence-corrected chi connectivity index (χ3v) is 3.94. The average Bonchev–Trinajstić information content (AvgIpc) is 3.23. The Morgan fingerprint density at radius 2 is 1.96 bits per heavy atom. The third kappa shape index (κ3) is 2.44. The smallest absolute Gasteiger partial charge is 0.231 e. The number of nitrogens with zero attached hydrogens (tertiary/aromatic N) is 2. The molecule has 0 atom stereocenters. The fourth-order valence-electron chi connectivity index (χ4n) is 2.68. The highest BCUT2D eigenvalue weighted by molar-refractivity contribution is 5.80. The predicted molar refractivity (Wildman–Crippen MR) is 87.5 cm³/mol. The Morgan fingerprint density at radius 3 is 2.83 bits per heavy atom. The van der Waals surface area contributed by atoms with Gasteiger partial charge in [0.2, 0.25) is 6.79 Å². The Morgan fingerprint density at radius 1 is 1.09 bits per heavy atom. The van der Waals surface area contributed by atoms with Crippen LogP contribution >= 0.6 is 0 Å². The van der Waals surface area contributed by atoms with Crippen molar-refractivity contribution in [1.29, 1.82) is 0 Å². The number of aromatic nitrogens is 3. The summed E-state index contributed by atoms with van der Waals surface area (Å²) in [5.74, 6) is 1.92. The highest BCUT2D eigenvalue weighted by Gasteiger charge is 2.17. The van der Waals surface area contributed by atoms with E-state index in [1.54, 1.807) is 0 Å². The van der Waals surface area contributed by atoms with E-state index in [1.165, 1.54) is 0 Å². The summed E-state index contributed by atoms with van der Waals surface area (Å²) < 4.78 is 10.8. The van der Waals surface area contributed by atoms with Gasteiger partial charge < -0.3 is 9.47 Å². The van der Waals surface area contributed by atoms with Gasteiger partial charge in [-0.05, 0) is 35.7 Å². The van der Waals surface area contributed by atoms with E-state index in [4.69, 9.17) is 14.5 Å². The molecule has 0 spiro atoms. The molecule has 5 heteroatoms. The molecule has 116 valence electrons. The minimum Gasteiger partial charge on any atom is -0.454 e. The summed E-state index contributed by atoms with van der Waals surface area (Å²) in [4.78, 5) is 4.75. The van der Waals surface area contributed by atoms with Crippen molar-refractivity contribution in [3.05, 3.63) is 48.3 Å². The first kappa shape index (κ1) is 13.8. The van der Waals surface area contributed by atoms with E-state index in [0.29, 0.717) is 5.92 Å². The molecule has 1 aliphatic rings. The van der Waals surface area contributed by atoms with Crippen LogP contribution in [-0.2, 0) is 0 Å². The molecule has 1 aliphatic heterocycles. The van der Waals surface area contributed by atoms with Gasteiger partial charge in [-0.25, -0.2) is 0 Å². The molecule has 0 aliphatic carbocycles. The second-order valence-electron chi connectivity index (χ2n) is 5.83. The number of hydrogen-bond donors (Lipinski definition) is 1. The van der Waals surface area contributed by atoms with Crippen LogP contribution in [0.1, 0.15) is 25.5 Å². The van der Waals surface area contributed by atoms with E-state index < -0.39 is 0 Å². The monoisotopic (exact) mass is 307 g/mol. The lowest BCUT2D eigenvalue weighted by Crippen LogP contribution is -1.95. The molecule has 3 heterocycles. The molecule has 5 nitrogen and oxygen atoms in total. The number of hydrogen-bond acceptors (Lipinski definition) is 4. The average molecular weight is 307 g/mol. The van der Waals surface area contributed by atoms with Crippen molar-refractivity contribution in [1.82, 2.24) is 15.2 Å². The van der Waals surface area contributed by atoms with Crippen LogP contribution in [0.15, 0.2) is 42.6 Å². The topological polar surface area (TPSA) is 60.0 Å². The van der Waals surface area contributed by atoms with Gasteiger partial charge in [-0.15, -0.1) is 0 Å². The van der Waals surface area contributed by atoms with Crippen LogP contribution in [0.4, 0.5) is 0 Å². The molecule has 1 N–H and O–H groups in total. The van der Waals surface area contributed by atoms with Crippen LogP contribution in [0.3, 0.4) is 0 Å². The molecule has 0 amide bonds. The van der Waals surface area contributed by atoms with E-state index in [9.17, 15) is 0 Å². The quantitative estimate of drug-likeness (QED) is 0.795. The van der Waals surface area contributed by atoms with E-state index >= 15 is 0 Å². The van der Waals surface area contributed by atoms with Crippen LogP contribution < -0.4 is 9.47 Å².